The number of amides is 1. The van der Waals surface area contributed by atoms with Gasteiger partial charge in [0.15, 0.2) is 0 Å². The first kappa shape index (κ1) is 19.7. The minimum atomic E-state index is 0.00894. The van der Waals surface area contributed by atoms with Gasteiger partial charge in [-0.25, -0.2) is 0 Å². The van der Waals surface area contributed by atoms with E-state index in [0.717, 1.165) is 38.2 Å². The monoisotopic (exact) mass is 388 g/mol. The van der Waals surface area contributed by atoms with Crippen molar-refractivity contribution in [3.63, 3.8) is 0 Å². The van der Waals surface area contributed by atoms with Gasteiger partial charge in [-0.15, -0.1) is 0 Å². The Morgan fingerprint density at radius 3 is 2.74 bits per heavy atom. The summed E-state index contributed by atoms with van der Waals surface area (Å²) in [6, 6.07) is 14.7. The van der Waals surface area contributed by atoms with Crippen LogP contribution in [-0.4, -0.2) is 44.2 Å². The Kier molecular flexibility index (Phi) is 7.10. The van der Waals surface area contributed by atoms with Crippen molar-refractivity contribution < 1.29 is 14.3 Å². The molecule has 0 aromatic heterocycles. The smallest absolute Gasteiger partial charge is 0.228 e. The largest absolute Gasteiger partial charge is 0.456 e. The number of ether oxygens (including phenoxy) is 2. The number of nitrogens with zero attached hydrogens (tertiary/aromatic N) is 1. The molecule has 1 aliphatic heterocycles. The second kappa shape index (κ2) is 9.74. The first-order valence-electron chi connectivity index (χ1n) is 9.20. The number of hydrogen-bond donors (Lipinski definition) is 1. The zero-order valence-corrected chi connectivity index (χ0v) is 16.2. The van der Waals surface area contributed by atoms with Crippen molar-refractivity contribution in [2.45, 2.75) is 12.8 Å². The zero-order chi connectivity index (χ0) is 19.1. The quantitative estimate of drug-likeness (QED) is 0.762. The van der Waals surface area contributed by atoms with Crippen LogP contribution in [0.25, 0.3) is 0 Å². The third-order valence-electron chi connectivity index (χ3n) is 4.67. The van der Waals surface area contributed by atoms with E-state index in [1.807, 2.05) is 42.5 Å². The second-order valence-corrected chi connectivity index (χ2v) is 7.09. The molecule has 3 rings (SSSR count). The molecule has 1 saturated heterocycles. The lowest BCUT2D eigenvalue weighted by Crippen LogP contribution is -2.41. The van der Waals surface area contributed by atoms with Crippen LogP contribution in [0, 0.1) is 5.92 Å². The molecule has 0 aliphatic carbocycles. The normalized spacial score (nSPS) is 17.5. The molecule has 2 aromatic rings. The highest BCUT2D eigenvalue weighted by Crippen LogP contribution is 2.29. The van der Waals surface area contributed by atoms with Gasteiger partial charge in [-0.3, -0.25) is 4.79 Å². The van der Waals surface area contributed by atoms with E-state index in [-0.39, 0.29) is 11.8 Å². The van der Waals surface area contributed by atoms with Crippen LogP contribution < -0.4 is 10.1 Å². The third kappa shape index (κ3) is 5.70. The molecule has 1 atom stereocenters. The number of carbonyl (C=O) groups is 1. The molecule has 0 spiro atoms. The van der Waals surface area contributed by atoms with E-state index >= 15 is 0 Å². The number of piperidine rings is 1. The predicted molar refractivity (Wildman–Crippen MR) is 108 cm³/mol. The summed E-state index contributed by atoms with van der Waals surface area (Å²) in [5.41, 5.74) is 0.764. The Hall–Kier alpha value is -2.08. The SMILES string of the molecule is COCCN1CCCC(C(=O)Nc2ccc(Oc3ccccc3Cl)cc2)C1. The van der Waals surface area contributed by atoms with Crippen LogP contribution >= 0.6 is 11.6 Å². The average Bonchev–Trinajstić information content (AvgIpc) is 2.70. The van der Waals surface area contributed by atoms with Crippen LogP contribution in [0.4, 0.5) is 5.69 Å². The fourth-order valence-electron chi connectivity index (χ4n) is 3.20. The highest BCUT2D eigenvalue weighted by atomic mass is 35.5. The van der Waals surface area contributed by atoms with Crippen molar-refractivity contribution in [3.05, 3.63) is 53.6 Å². The van der Waals surface area contributed by atoms with Crippen LogP contribution in [0.5, 0.6) is 11.5 Å². The van der Waals surface area contributed by atoms with Gasteiger partial charge in [-0.2, -0.15) is 0 Å². The summed E-state index contributed by atoms with van der Waals surface area (Å²) in [5, 5.41) is 3.57. The van der Waals surface area contributed by atoms with Gasteiger partial charge >= 0.3 is 0 Å². The molecule has 2 aromatic carbocycles. The molecule has 1 fully saturated rings. The number of hydrogen-bond acceptors (Lipinski definition) is 4. The molecule has 144 valence electrons. The first-order chi connectivity index (χ1) is 13.2. The highest BCUT2D eigenvalue weighted by Gasteiger charge is 2.25. The minimum Gasteiger partial charge on any atom is -0.456 e. The van der Waals surface area contributed by atoms with Crippen molar-refractivity contribution in [3.8, 4) is 11.5 Å². The molecule has 1 aliphatic rings. The molecule has 27 heavy (non-hydrogen) atoms. The summed E-state index contributed by atoms with van der Waals surface area (Å²) in [6.45, 7) is 3.37. The van der Waals surface area contributed by atoms with Gasteiger partial charge in [0.05, 0.1) is 17.5 Å². The van der Waals surface area contributed by atoms with Gasteiger partial charge in [0.25, 0.3) is 0 Å². The summed E-state index contributed by atoms with van der Waals surface area (Å²) in [7, 11) is 1.70. The molecule has 0 saturated carbocycles. The van der Waals surface area contributed by atoms with E-state index in [4.69, 9.17) is 21.1 Å². The van der Waals surface area contributed by atoms with E-state index in [9.17, 15) is 4.79 Å². The van der Waals surface area contributed by atoms with E-state index in [1.54, 1.807) is 13.2 Å². The second-order valence-electron chi connectivity index (χ2n) is 6.68. The Bertz CT molecular complexity index is 751. The topological polar surface area (TPSA) is 50.8 Å². The summed E-state index contributed by atoms with van der Waals surface area (Å²) in [4.78, 5) is 14.9. The van der Waals surface area contributed by atoms with E-state index in [2.05, 4.69) is 10.2 Å². The summed E-state index contributed by atoms with van der Waals surface area (Å²) in [6.07, 6.45) is 1.95. The molecular formula is C21H25ClN2O3. The van der Waals surface area contributed by atoms with E-state index in [0.29, 0.717) is 23.1 Å². The number of carbonyl (C=O) groups excluding carboxylic acids is 1. The maximum absolute atomic E-state index is 12.6. The average molecular weight is 389 g/mol. The summed E-state index contributed by atoms with van der Waals surface area (Å²) in [5.74, 6) is 1.35. The van der Waals surface area contributed by atoms with Gasteiger partial charge < -0.3 is 19.7 Å². The predicted octanol–water partition coefficient (Wildman–Crippen LogP) is 4.43. The fraction of sp³-hybridized carbons (Fsp3) is 0.381. The van der Waals surface area contributed by atoms with Gasteiger partial charge in [0.2, 0.25) is 5.91 Å². The molecule has 1 N–H and O–H groups in total. The molecule has 1 amide bonds. The van der Waals surface area contributed by atoms with Gasteiger partial charge in [-0.1, -0.05) is 23.7 Å². The maximum Gasteiger partial charge on any atom is 0.228 e. The Morgan fingerprint density at radius 2 is 2.00 bits per heavy atom. The standard InChI is InChI=1S/C21H25ClN2O3/c1-26-14-13-24-12-4-5-16(15-24)21(25)23-17-8-10-18(11-9-17)27-20-7-3-2-6-19(20)22/h2-3,6-11,16H,4-5,12-15H2,1H3,(H,23,25). The molecule has 6 heteroatoms. The fourth-order valence-corrected chi connectivity index (χ4v) is 3.37. The van der Waals surface area contributed by atoms with Crippen LogP contribution in [0.2, 0.25) is 5.02 Å². The number of likely N-dealkylation sites (tertiary alicyclic amines) is 1. The number of halogens is 1. The third-order valence-corrected chi connectivity index (χ3v) is 4.99. The first-order valence-corrected chi connectivity index (χ1v) is 9.58. The molecule has 0 bridgehead atoms. The molecular weight excluding hydrogens is 364 g/mol. The van der Waals surface area contributed by atoms with Crippen molar-refractivity contribution in [1.82, 2.24) is 4.90 Å². The molecule has 1 heterocycles. The Balaban J connectivity index is 1.54. The van der Waals surface area contributed by atoms with E-state index in [1.165, 1.54) is 0 Å². The Labute approximate surface area is 165 Å². The number of methoxy groups -OCH3 is 1. The lowest BCUT2D eigenvalue weighted by molar-refractivity contribution is -0.121. The minimum absolute atomic E-state index is 0.00894. The van der Waals surface area contributed by atoms with Gasteiger partial charge in [0.1, 0.15) is 11.5 Å². The highest BCUT2D eigenvalue weighted by molar-refractivity contribution is 6.32. The van der Waals surface area contributed by atoms with Crippen LogP contribution in [0.15, 0.2) is 48.5 Å². The van der Waals surface area contributed by atoms with Gasteiger partial charge in [0, 0.05) is 25.9 Å². The number of nitrogens with one attached hydrogen (secondary N) is 1. The van der Waals surface area contributed by atoms with Crippen LogP contribution in [0.3, 0.4) is 0 Å². The number of para-hydroxylation sites is 1. The lowest BCUT2D eigenvalue weighted by Gasteiger charge is -2.31. The van der Waals surface area contributed by atoms with Gasteiger partial charge in [-0.05, 0) is 55.8 Å². The molecule has 0 radical (unpaired) electrons. The van der Waals surface area contributed by atoms with Crippen molar-refractivity contribution in [2.75, 3.05) is 38.7 Å². The Morgan fingerprint density at radius 1 is 1.22 bits per heavy atom. The van der Waals surface area contributed by atoms with E-state index < -0.39 is 0 Å². The number of rotatable bonds is 7. The van der Waals surface area contributed by atoms with Crippen molar-refractivity contribution >= 4 is 23.2 Å². The van der Waals surface area contributed by atoms with Crippen molar-refractivity contribution in [1.29, 1.82) is 0 Å². The summed E-state index contributed by atoms with van der Waals surface area (Å²) >= 11 is 6.11. The number of benzene rings is 2. The number of anilines is 1. The van der Waals surface area contributed by atoms with Crippen LogP contribution in [-0.2, 0) is 9.53 Å². The van der Waals surface area contributed by atoms with Crippen molar-refractivity contribution in [2.24, 2.45) is 5.92 Å². The lowest BCUT2D eigenvalue weighted by atomic mass is 9.97. The summed E-state index contributed by atoms with van der Waals surface area (Å²) < 4.78 is 10.9. The molecule has 5 nitrogen and oxygen atoms in total. The maximum atomic E-state index is 12.6. The zero-order valence-electron chi connectivity index (χ0n) is 15.5. The molecule has 1 unspecified atom stereocenters. The van der Waals surface area contributed by atoms with Crippen LogP contribution in [0.1, 0.15) is 12.8 Å².